The first kappa shape index (κ1) is 25.1. The number of methoxy groups -OCH3 is 2. The number of carbonyl (C=O) groups is 1. The number of nitrogens with zero attached hydrogens (tertiary/aromatic N) is 3. The zero-order chi connectivity index (χ0) is 25.3. The molecule has 1 aromatic heterocycles. The Kier molecular flexibility index (Phi) is 7.12. The molecule has 0 aliphatic heterocycles. The van der Waals surface area contributed by atoms with Crippen LogP contribution in [0.5, 0.6) is 11.5 Å². The van der Waals surface area contributed by atoms with E-state index in [0.29, 0.717) is 34.2 Å². The van der Waals surface area contributed by atoms with E-state index >= 15 is 0 Å². The lowest BCUT2D eigenvalue weighted by molar-refractivity contribution is -0.138. The molecule has 2 aromatic carbocycles. The van der Waals surface area contributed by atoms with Gasteiger partial charge >= 0.3 is 6.18 Å². The van der Waals surface area contributed by atoms with E-state index in [-0.39, 0.29) is 23.5 Å². The van der Waals surface area contributed by atoms with Gasteiger partial charge in [-0.1, -0.05) is 22.0 Å². The van der Waals surface area contributed by atoms with Gasteiger partial charge in [-0.25, -0.2) is 0 Å². The van der Waals surface area contributed by atoms with Gasteiger partial charge in [-0.3, -0.25) is 9.48 Å². The van der Waals surface area contributed by atoms with Gasteiger partial charge in [0.1, 0.15) is 17.2 Å². The van der Waals surface area contributed by atoms with Crippen molar-refractivity contribution in [2.45, 2.75) is 38.0 Å². The molecule has 0 atom stereocenters. The molecule has 1 aliphatic rings. The van der Waals surface area contributed by atoms with E-state index in [0.717, 1.165) is 24.6 Å². The normalized spacial score (nSPS) is 13.6. The van der Waals surface area contributed by atoms with E-state index in [1.54, 1.807) is 37.4 Å². The molecule has 1 aliphatic carbocycles. The molecule has 4 rings (SSSR count). The third-order valence-electron chi connectivity index (χ3n) is 5.97. The number of aryl methyl sites for hydroxylation is 1. The number of halogens is 4. The summed E-state index contributed by atoms with van der Waals surface area (Å²) in [5, 5.41) is 4.48. The third kappa shape index (κ3) is 5.63. The molecule has 0 bridgehead atoms. The van der Waals surface area contributed by atoms with Crippen molar-refractivity contribution in [2.75, 3.05) is 14.2 Å². The highest BCUT2D eigenvalue weighted by Gasteiger charge is 2.34. The second-order valence-electron chi connectivity index (χ2n) is 8.50. The number of benzene rings is 2. The quantitative estimate of drug-likeness (QED) is 0.347. The minimum atomic E-state index is -4.52. The molecule has 35 heavy (non-hydrogen) atoms. The van der Waals surface area contributed by atoms with E-state index in [1.807, 2.05) is 0 Å². The molecule has 0 radical (unpaired) electrons. The summed E-state index contributed by atoms with van der Waals surface area (Å²) in [6, 6.07) is 11.0. The maximum Gasteiger partial charge on any atom is 0.417 e. The summed E-state index contributed by atoms with van der Waals surface area (Å²) >= 11 is 2.98. The summed E-state index contributed by atoms with van der Waals surface area (Å²) in [7, 11) is 4.75. The van der Waals surface area contributed by atoms with Crippen molar-refractivity contribution in [3.8, 4) is 11.5 Å². The van der Waals surface area contributed by atoms with Crippen LogP contribution < -0.4 is 9.47 Å². The number of ether oxygens (including phenoxy) is 2. The van der Waals surface area contributed by atoms with Gasteiger partial charge in [0.15, 0.2) is 0 Å². The lowest BCUT2D eigenvalue weighted by Crippen LogP contribution is -2.32. The lowest BCUT2D eigenvalue weighted by Gasteiger charge is -2.25. The monoisotopic (exact) mass is 551 g/mol. The van der Waals surface area contributed by atoms with Gasteiger partial charge < -0.3 is 14.4 Å². The Balaban J connectivity index is 1.70. The van der Waals surface area contributed by atoms with Crippen molar-refractivity contribution in [2.24, 2.45) is 7.05 Å². The standard InChI is InChI=1S/C25H25BrF3N3O3/c1-31-22(12-21(30-31)16-5-6-16)24(33)32(14-17-7-8-18(34-2)11-23(17)35-3)13-15-4-9-20(26)19(10-15)25(27,28)29/h4,7-12,16H,5-6,13-14H2,1-3H3. The van der Waals surface area contributed by atoms with Crippen molar-refractivity contribution in [1.29, 1.82) is 0 Å². The Morgan fingerprint density at radius 1 is 1.11 bits per heavy atom. The molecule has 1 saturated carbocycles. The summed E-state index contributed by atoms with van der Waals surface area (Å²) in [5.41, 5.74) is 1.50. The Morgan fingerprint density at radius 3 is 2.49 bits per heavy atom. The largest absolute Gasteiger partial charge is 0.497 e. The van der Waals surface area contributed by atoms with Crippen LogP contribution in [0, 0.1) is 0 Å². The van der Waals surface area contributed by atoms with Gasteiger partial charge in [0.05, 0.1) is 32.0 Å². The smallest absolute Gasteiger partial charge is 0.417 e. The van der Waals surface area contributed by atoms with Crippen molar-refractivity contribution in [3.63, 3.8) is 0 Å². The minimum absolute atomic E-state index is 0.0334. The summed E-state index contributed by atoms with van der Waals surface area (Å²) in [5.74, 6) is 1.13. The highest BCUT2D eigenvalue weighted by Crippen LogP contribution is 2.40. The van der Waals surface area contributed by atoms with Crippen LogP contribution in [-0.2, 0) is 26.3 Å². The molecule has 6 nitrogen and oxygen atoms in total. The van der Waals surface area contributed by atoms with Crippen LogP contribution in [0.4, 0.5) is 13.2 Å². The zero-order valence-electron chi connectivity index (χ0n) is 19.5. The van der Waals surface area contributed by atoms with Crippen LogP contribution in [0.3, 0.4) is 0 Å². The van der Waals surface area contributed by atoms with Crippen LogP contribution in [0.25, 0.3) is 0 Å². The van der Waals surface area contributed by atoms with Crippen molar-refractivity contribution >= 4 is 21.8 Å². The van der Waals surface area contributed by atoms with Crippen molar-refractivity contribution in [1.82, 2.24) is 14.7 Å². The molecule has 1 fully saturated rings. The summed E-state index contributed by atoms with van der Waals surface area (Å²) in [4.78, 5) is 15.2. The predicted octanol–water partition coefficient (Wildman–Crippen LogP) is 5.94. The fourth-order valence-electron chi connectivity index (χ4n) is 3.93. The van der Waals surface area contributed by atoms with Gasteiger partial charge in [0.2, 0.25) is 0 Å². The predicted molar refractivity (Wildman–Crippen MR) is 127 cm³/mol. The van der Waals surface area contributed by atoms with E-state index in [9.17, 15) is 18.0 Å². The average molecular weight is 552 g/mol. The number of hydrogen-bond acceptors (Lipinski definition) is 4. The average Bonchev–Trinajstić information content (AvgIpc) is 3.60. The van der Waals surface area contributed by atoms with Gasteiger partial charge in [0, 0.05) is 35.6 Å². The first-order valence-electron chi connectivity index (χ1n) is 11.0. The Hall–Kier alpha value is -3.01. The zero-order valence-corrected chi connectivity index (χ0v) is 21.1. The lowest BCUT2D eigenvalue weighted by atomic mass is 10.1. The number of alkyl halides is 3. The first-order valence-corrected chi connectivity index (χ1v) is 11.8. The van der Waals surface area contributed by atoms with Crippen LogP contribution in [0.15, 0.2) is 46.9 Å². The molecule has 0 spiro atoms. The summed E-state index contributed by atoms with van der Waals surface area (Å²) < 4.78 is 52.7. The summed E-state index contributed by atoms with van der Waals surface area (Å²) in [6.07, 6.45) is -2.45. The maximum atomic E-state index is 13.7. The van der Waals surface area contributed by atoms with E-state index < -0.39 is 11.7 Å². The van der Waals surface area contributed by atoms with Crippen molar-refractivity contribution < 1.29 is 27.4 Å². The molecule has 186 valence electrons. The van der Waals surface area contributed by atoms with E-state index in [2.05, 4.69) is 21.0 Å². The Morgan fingerprint density at radius 2 is 1.86 bits per heavy atom. The van der Waals surface area contributed by atoms with Gasteiger partial charge in [-0.05, 0) is 48.7 Å². The fourth-order valence-corrected chi connectivity index (χ4v) is 4.40. The molecule has 0 saturated heterocycles. The van der Waals surface area contributed by atoms with Crippen LogP contribution in [0.1, 0.15) is 51.6 Å². The topological polar surface area (TPSA) is 56.6 Å². The van der Waals surface area contributed by atoms with Crippen LogP contribution in [0.2, 0.25) is 0 Å². The Labute approximate surface area is 209 Å². The van der Waals surface area contributed by atoms with Crippen LogP contribution >= 0.6 is 15.9 Å². The molecule has 10 heteroatoms. The number of amides is 1. The molecule has 1 heterocycles. The van der Waals surface area contributed by atoms with E-state index in [1.165, 1.54) is 29.9 Å². The Bertz CT molecular complexity index is 1240. The highest BCUT2D eigenvalue weighted by molar-refractivity contribution is 9.10. The SMILES string of the molecule is COc1ccc(CN(Cc2ccc(Br)c(C(F)(F)F)c2)C(=O)c2cc(C3CC3)nn2C)c(OC)c1. The third-order valence-corrected chi connectivity index (χ3v) is 6.66. The van der Waals surface area contributed by atoms with Crippen molar-refractivity contribution in [3.05, 3.63) is 75.0 Å². The second kappa shape index (κ2) is 9.93. The maximum absolute atomic E-state index is 13.7. The molecular weight excluding hydrogens is 527 g/mol. The number of carbonyl (C=O) groups excluding carboxylic acids is 1. The molecule has 0 N–H and O–H groups in total. The molecule has 1 amide bonds. The highest BCUT2D eigenvalue weighted by atomic mass is 79.9. The van der Waals surface area contributed by atoms with Gasteiger partial charge in [0.25, 0.3) is 5.91 Å². The number of aromatic nitrogens is 2. The molecule has 0 unspecified atom stereocenters. The second-order valence-corrected chi connectivity index (χ2v) is 9.36. The summed E-state index contributed by atoms with van der Waals surface area (Å²) in [6.45, 7) is 0.0850. The number of hydrogen-bond donors (Lipinski definition) is 0. The fraction of sp³-hybridized carbons (Fsp3) is 0.360. The van der Waals surface area contributed by atoms with Gasteiger partial charge in [-0.15, -0.1) is 0 Å². The van der Waals surface area contributed by atoms with E-state index in [4.69, 9.17) is 9.47 Å². The first-order chi connectivity index (χ1) is 16.6. The minimum Gasteiger partial charge on any atom is -0.497 e. The molecule has 3 aromatic rings. The van der Waals surface area contributed by atoms with Gasteiger partial charge in [-0.2, -0.15) is 18.3 Å². The molecular formula is C25H25BrF3N3O3. The number of rotatable bonds is 8. The van der Waals surface area contributed by atoms with Crippen LogP contribution in [-0.4, -0.2) is 34.8 Å².